The van der Waals surface area contributed by atoms with Gasteiger partial charge in [0.25, 0.3) is 0 Å². The van der Waals surface area contributed by atoms with E-state index >= 15 is 0 Å². The Balaban J connectivity index is 2.42. The Morgan fingerprint density at radius 2 is 2.36 bits per heavy atom. The van der Waals surface area contributed by atoms with E-state index in [1.807, 2.05) is 13.0 Å². The molecule has 0 saturated heterocycles. The van der Waals surface area contributed by atoms with Crippen molar-refractivity contribution in [3.8, 4) is 5.75 Å². The summed E-state index contributed by atoms with van der Waals surface area (Å²) in [4.78, 5) is 0. The van der Waals surface area contributed by atoms with Gasteiger partial charge in [0.15, 0.2) is 0 Å². The van der Waals surface area contributed by atoms with Crippen LogP contribution in [-0.4, -0.2) is 18.3 Å². The van der Waals surface area contributed by atoms with Crippen molar-refractivity contribution in [1.29, 1.82) is 0 Å². The van der Waals surface area contributed by atoms with E-state index in [1.54, 1.807) is 0 Å². The molecule has 3 N–H and O–H groups in total. The summed E-state index contributed by atoms with van der Waals surface area (Å²) in [7, 11) is 0. The van der Waals surface area contributed by atoms with Crippen LogP contribution in [0.1, 0.15) is 22.7 Å². The third-order valence-electron chi connectivity index (χ3n) is 2.67. The molecule has 1 heterocycles. The molecule has 0 aromatic heterocycles. The predicted molar refractivity (Wildman–Crippen MR) is 54.4 cm³/mol. The van der Waals surface area contributed by atoms with Crippen LogP contribution in [0.3, 0.4) is 0 Å². The number of fused-ring (bicyclic) bond motifs is 1. The summed E-state index contributed by atoms with van der Waals surface area (Å²) in [6.45, 7) is 2.74. The minimum absolute atomic E-state index is 0.0134. The Morgan fingerprint density at radius 1 is 1.57 bits per heavy atom. The fourth-order valence-corrected chi connectivity index (χ4v) is 1.84. The van der Waals surface area contributed by atoms with Crippen molar-refractivity contribution in [2.24, 2.45) is 5.73 Å². The molecule has 1 aromatic carbocycles. The molecule has 0 spiro atoms. The highest BCUT2D eigenvalue weighted by Gasteiger charge is 2.16. The molecule has 3 heteroatoms. The van der Waals surface area contributed by atoms with Crippen molar-refractivity contribution in [3.05, 3.63) is 28.8 Å². The van der Waals surface area contributed by atoms with E-state index < -0.39 is 0 Å². The molecule has 1 atom stereocenters. The maximum absolute atomic E-state index is 9.00. The summed E-state index contributed by atoms with van der Waals surface area (Å²) in [6.07, 6.45) is 0.945. The maximum atomic E-state index is 9.00. The molecule has 0 fully saturated rings. The average Bonchev–Trinajstić information content (AvgIpc) is 2.62. The second-order valence-electron chi connectivity index (χ2n) is 3.70. The molecular weight excluding hydrogens is 178 g/mol. The van der Waals surface area contributed by atoms with E-state index in [-0.39, 0.29) is 12.6 Å². The number of hydrogen-bond acceptors (Lipinski definition) is 3. The van der Waals surface area contributed by atoms with Crippen LogP contribution >= 0.6 is 0 Å². The van der Waals surface area contributed by atoms with Crippen LogP contribution in [0.4, 0.5) is 0 Å². The summed E-state index contributed by atoms with van der Waals surface area (Å²) in [6, 6.07) is 3.78. The highest BCUT2D eigenvalue weighted by atomic mass is 16.5. The van der Waals surface area contributed by atoms with Gasteiger partial charge in [-0.05, 0) is 29.7 Å². The molecule has 14 heavy (non-hydrogen) atoms. The average molecular weight is 193 g/mol. The lowest BCUT2D eigenvalue weighted by Gasteiger charge is -2.13. The van der Waals surface area contributed by atoms with Crippen LogP contribution in [0.5, 0.6) is 5.75 Å². The summed E-state index contributed by atoms with van der Waals surface area (Å²) in [5.74, 6) is 0.969. The summed E-state index contributed by atoms with van der Waals surface area (Å²) in [5.41, 5.74) is 9.12. The van der Waals surface area contributed by atoms with Gasteiger partial charge in [-0.2, -0.15) is 0 Å². The first-order valence-corrected chi connectivity index (χ1v) is 4.85. The van der Waals surface area contributed by atoms with Crippen molar-refractivity contribution in [1.82, 2.24) is 0 Å². The van der Waals surface area contributed by atoms with E-state index in [0.717, 1.165) is 29.9 Å². The fourth-order valence-electron chi connectivity index (χ4n) is 1.84. The van der Waals surface area contributed by atoms with Crippen molar-refractivity contribution >= 4 is 0 Å². The van der Waals surface area contributed by atoms with Crippen LogP contribution in [-0.2, 0) is 6.42 Å². The summed E-state index contributed by atoms with van der Waals surface area (Å²) >= 11 is 0. The number of aliphatic hydroxyl groups excluding tert-OH is 1. The smallest absolute Gasteiger partial charge is 0.122 e. The molecule has 76 valence electrons. The minimum Gasteiger partial charge on any atom is -0.493 e. The second-order valence-corrected chi connectivity index (χ2v) is 3.70. The Kier molecular flexibility index (Phi) is 2.44. The Bertz CT molecular complexity index is 349. The van der Waals surface area contributed by atoms with Gasteiger partial charge in [0.1, 0.15) is 5.75 Å². The monoisotopic (exact) mass is 193 g/mol. The second kappa shape index (κ2) is 3.59. The first-order chi connectivity index (χ1) is 6.72. The van der Waals surface area contributed by atoms with E-state index in [0.29, 0.717) is 0 Å². The number of rotatable bonds is 2. The van der Waals surface area contributed by atoms with Crippen LogP contribution in [0.2, 0.25) is 0 Å². The number of nitrogens with two attached hydrogens (primary N) is 1. The van der Waals surface area contributed by atoms with E-state index in [1.165, 1.54) is 5.56 Å². The number of ether oxygens (including phenoxy) is 1. The Hall–Kier alpha value is -1.06. The predicted octanol–water partition coefficient (Wildman–Crippen LogP) is 0.922. The van der Waals surface area contributed by atoms with Gasteiger partial charge < -0.3 is 15.6 Å². The van der Waals surface area contributed by atoms with Crippen molar-refractivity contribution < 1.29 is 9.84 Å². The van der Waals surface area contributed by atoms with Crippen LogP contribution in [0.15, 0.2) is 12.1 Å². The molecule has 0 amide bonds. The molecule has 0 radical (unpaired) electrons. The van der Waals surface area contributed by atoms with Gasteiger partial charge in [-0.25, -0.2) is 0 Å². The third-order valence-corrected chi connectivity index (χ3v) is 2.67. The first kappa shape index (κ1) is 9.49. The van der Waals surface area contributed by atoms with Gasteiger partial charge >= 0.3 is 0 Å². The van der Waals surface area contributed by atoms with E-state index in [4.69, 9.17) is 15.6 Å². The van der Waals surface area contributed by atoms with Crippen LogP contribution in [0, 0.1) is 6.92 Å². The normalized spacial score (nSPS) is 16.2. The topological polar surface area (TPSA) is 55.5 Å². The zero-order valence-electron chi connectivity index (χ0n) is 8.29. The van der Waals surface area contributed by atoms with Gasteiger partial charge in [-0.1, -0.05) is 6.07 Å². The highest BCUT2D eigenvalue weighted by molar-refractivity contribution is 5.45. The molecule has 0 aliphatic carbocycles. The molecule has 0 bridgehead atoms. The summed E-state index contributed by atoms with van der Waals surface area (Å²) in [5, 5.41) is 9.00. The summed E-state index contributed by atoms with van der Waals surface area (Å²) < 4.78 is 5.44. The molecular formula is C11H15NO2. The quantitative estimate of drug-likeness (QED) is 0.734. The first-order valence-electron chi connectivity index (χ1n) is 4.85. The number of hydrogen-bond donors (Lipinski definition) is 2. The molecule has 3 nitrogen and oxygen atoms in total. The van der Waals surface area contributed by atoms with E-state index in [2.05, 4.69) is 6.07 Å². The SMILES string of the molecule is Cc1cc2c(cc1C(N)CO)CCO2. The van der Waals surface area contributed by atoms with Crippen molar-refractivity contribution in [2.45, 2.75) is 19.4 Å². The zero-order valence-corrected chi connectivity index (χ0v) is 8.29. The molecule has 1 unspecified atom stereocenters. The minimum atomic E-state index is -0.277. The van der Waals surface area contributed by atoms with Gasteiger partial charge in [0.05, 0.1) is 19.3 Å². The lowest BCUT2D eigenvalue weighted by molar-refractivity contribution is 0.267. The third kappa shape index (κ3) is 1.49. The van der Waals surface area contributed by atoms with Gasteiger partial charge in [-0.3, -0.25) is 0 Å². The highest BCUT2D eigenvalue weighted by Crippen LogP contribution is 2.30. The molecule has 1 aromatic rings. The van der Waals surface area contributed by atoms with E-state index in [9.17, 15) is 0 Å². The van der Waals surface area contributed by atoms with Gasteiger partial charge in [-0.15, -0.1) is 0 Å². The Morgan fingerprint density at radius 3 is 3.07 bits per heavy atom. The number of aryl methyl sites for hydroxylation is 1. The standard InChI is InChI=1S/C11H15NO2/c1-7-4-11-8(2-3-14-11)5-9(7)10(12)6-13/h4-5,10,13H,2-3,6,12H2,1H3. The fraction of sp³-hybridized carbons (Fsp3) is 0.455. The molecule has 1 aliphatic rings. The molecule has 1 aliphatic heterocycles. The zero-order chi connectivity index (χ0) is 10.1. The largest absolute Gasteiger partial charge is 0.493 e. The van der Waals surface area contributed by atoms with Gasteiger partial charge in [0, 0.05) is 6.42 Å². The maximum Gasteiger partial charge on any atom is 0.122 e. The van der Waals surface area contributed by atoms with Crippen LogP contribution < -0.4 is 10.5 Å². The molecule has 0 saturated carbocycles. The lowest BCUT2D eigenvalue weighted by Crippen LogP contribution is -2.15. The van der Waals surface area contributed by atoms with Gasteiger partial charge in [0.2, 0.25) is 0 Å². The van der Waals surface area contributed by atoms with Crippen molar-refractivity contribution in [3.63, 3.8) is 0 Å². The van der Waals surface area contributed by atoms with Crippen molar-refractivity contribution in [2.75, 3.05) is 13.2 Å². The lowest BCUT2D eigenvalue weighted by atomic mass is 9.98. The Labute approximate surface area is 83.5 Å². The van der Waals surface area contributed by atoms with Crippen LogP contribution in [0.25, 0.3) is 0 Å². The number of benzene rings is 1. The number of aliphatic hydroxyl groups is 1. The molecule has 2 rings (SSSR count).